The molecule has 2 aromatic rings. The number of aliphatic hydroxyl groups excluding tert-OH is 1. The van der Waals surface area contributed by atoms with Crippen LogP contribution in [-0.4, -0.2) is 17.6 Å². The molecule has 0 bridgehead atoms. The number of hydrogen-bond donors (Lipinski definition) is 2. The number of amides is 1. The summed E-state index contributed by atoms with van der Waals surface area (Å²) >= 11 is 0. The molecule has 0 saturated carbocycles. The maximum atomic E-state index is 12.8. The smallest absolute Gasteiger partial charge is 0.258 e. The molecule has 0 fully saturated rings. The SMILES string of the molecule is CCC(O)c1ccc(OCC(=O)NCc2ccc(F)cc2)cc1. The Hall–Kier alpha value is -2.40. The molecule has 5 heteroatoms. The van der Waals surface area contributed by atoms with Gasteiger partial charge in [0.25, 0.3) is 5.91 Å². The second-order valence-electron chi connectivity index (χ2n) is 5.18. The summed E-state index contributed by atoms with van der Waals surface area (Å²) < 4.78 is 18.2. The molecule has 0 spiro atoms. The van der Waals surface area contributed by atoms with E-state index >= 15 is 0 Å². The summed E-state index contributed by atoms with van der Waals surface area (Å²) in [6.45, 7) is 2.13. The predicted octanol–water partition coefficient (Wildman–Crippen LogP) is 2.96. The van der Waals surface area contributed by atoms with Crippen LogP contribution in [0.15, 0.2) is 48.5 Å². The van der Waals surface area contributed by atoms with Gasteiger partial charge >= 0.3 is 0 Å². The highest BCUT2D eigenvalue weighted by atomic mass is 19.1. The van der Waals surface area contributed by atoms with Gasteiger partial charge in [0, 0.05) is 6.54 Å². The highest BCUT2D eigenvalue weighted by Gasteiger charge is 2.06. The van der Waals surface area contributed by atoms with Crippen molar-refractivity contribution in [2.75, 3.05) is 6.61 Å². The first-order valence-electron chi connectivity index (χ1n) is 7.50. The summed E-state index contributed by atoms with van der Waals surface area (Å²) in [6.07, 6.45) is 0.162. The van der Waals surface area contributed by atoms with Crippen LogP contribution in [-0.2, 0) is 11.3 Å². The summed E-state index contributed by atoms with van der Waals surface area (Å²) in [5, 5.41) is 12.4. The molecule has 0 aliphatic rings. The number of ether oxygens (including phenoxy) is 1. The Morgan fingerprint density at radius 3 is 2.43 bits per heavy atom. The van der Waals surface area contributed by atoms with Crippen molar-refractivity contribution in [1.29, 1.82) is 0 Å². The average molecular weight is 317 g/mol. The van der Waals surface area contributed by atoms with Crippen LogP contribution in [0.1, 0.15) is 30.6 Å². The number of nitrogens with one attached hydrogen (secondary N) is 1. The van der Waals surface area contributed by atoms with E-state index in [1.807, 2.05) is 6.92 Å². The summed E-state index contributed by atoms with van der Waals surface area (Å²) in [7, 11) is 0. The van der Waals surface area contributed by atoms with Crippen LogP contribution in [0.5, 0.6) is 5.75 Å². The van der Waals surface area contributed by atoms with Crippen LogP contribution >= 0.6 is 0 Å². The predicted molar refractivity (Wildman–Crippen MR) is 85.4 cm³/mol. The van der Waals surface area contributed by atoms with E-state index < -0.39 is 6.10 Å². The Labute approximate surface area is 134 Å². The van der Waals surface area contributed by atoms with Crippen LogP contribution < -0.4 is 10.1 Å². The fraction of sp³-hybridized carbons (Fsp3) is 0.278. The molecule has 23 heavy (non-hydrogen) atoms. The molecule has 1 amide bonds. The first kappa shape index (κ1) is 17.0. The van der Waals surface area contributed by atoms with Crippen molar-refractivity contribution in [3.63, 3.8) is 0 Å². The second-order valence-corrected chi connectivity index (χ2v) is 5.18. The minimum Gasteiger partial charge on any atom is -0.484 e. The van der Waals surface area contributed by atoms with Gasteiger partial charge in [-0.1, -0.05) is 31.2 Å². The van der Waals surface area contributed by atoms with Gasteiger partial charge in [-0.15, -0.1) is 0 Å². The molecule has 2 N–H and O–H groups in total. The zero-order chi connectivity index (χ0) is 16.7. The number of halogens is 1. The number of carbonyl (C=O) groups is 1. The van der Waals surface area contributed by atoms with Gasteiger partial charge in [0.15, 0.2) is 6.61 Å². The van der Waals surface area contributed by atoms with Crippen molar-refractivity contribution < 1.29 is 19.0 Å². The van der Waals surface area contributed by atoms with Crippen LogP contribution in [0, 0.1) is 5.82 Å². The second kappa shape index (κ2) is 8.29. The van der Waals surface area contributed by atoms with E-state index in [0.717, 1.165) is 11.1 Å². The molecule has 4 nitrogen and oxygen atoms in total. The van der Waals surface area contributed by atoms with E-state index in [2.05, 4.69) is 5.32 Å². The summed E-state index contributed by atoms with van der Waals surface area (Å²) in [6, 6.07) is 12.9. The van der Waals surface area contributed by atoms with Crippen LogP contribution in [0.4, 0.5) is 4.39 Å². The number of carbonyl (C=O) groups excluding carboxylic acids is 1. The van der Waals surface area contributed by atoms with E-state index in [4.69, 9.17) is 4.74 Å². The number of hydrogen-bond acceptors (Lipinski definition) is 3. The Kier molecular flexibility index (Phi) is 6.11. The molecule has 0 saturated heterocycles. The molecule has 0 aliphatic carbocycles. The lowest BCUT2D eigenvalue weighted by atomic mass is 10.1. The summed E-state index contributed by atoms with van der Waals surface area (Å²) in [5.41, 5.74) is 1.64. The van der Waals surface area contributed by atoms with Gasteiger partial charge in [-0.3, -0.25) is 4.79 Å². The van der Waals surface area contributed by atoms with E-state index in [-0.39, 0.29) is 18.3 Å². The van der Waals surface area contributed by atoms with Gasteiger partial charge in [0.2, 0.25) is 0 Å². The third-order valence-corrected chi connectivity index (χ3v) is 3.42. The van der Waals surface area contributed by atoms with E-state index in [1.165, 1.54) is 12.1 Å². The minimum atomic E-state index is -0.483. The van der Waals surface area contributed by atoms with Gasteiger partial charge in [0.1, 0.15) is 11.6 Å². The lowest BCUT2D eigenvalue weighted by Crippen LogP contribution is -2.28. The van der Waals surface area contributed by atoms with Crippen molar-refractivity contribution in [3.8, 4) is 5.75 Å². The van der Waals surface area contributed by atoms with Crippen molar-refractivity contribution in [1.82, 2.24) is 5.32 Å². The highest BCUT2D eigenvalue weighted by molar-refractivity contribution is 5.77. The number of aliphatic hydroxyl groups is 1. The van der Waals surface area contributed by atoms with Gasteiger partial charge in [-0.05, 0) is 41.8 Å². The first-order valence-corrected chi connectivity index (χ1v) is 7.50. The Morgan fingerprint density at radius 1 is 1.17 bits per heavy atom. The molecular formula is C18H20FNO3. The highest BCUT2D eigenvalue weighted by Crippen LogP contribution is 2.19. The topological polar surface area (TPSA) is 58.6 Å². The van der Waals surface area contributed by atoms with Crippen LogP contribution in [0.25, 0.3) is 0 Å². The van der Waals surface area contributed by atoms with Gasteiger partial charge < -0.3 is 15.2 Å². The fourth-order valence-electron chi connectivity index (χ4n) is 2.02. The van der Waals surface area contributed by atoms with Gasteiger partial charge in [-0.25, -0.2) is 4.39 Å². The number of rotatable bonds is 7. The van der Waals surface area contributed by atoms with Crippen molar-refractivity contribution >= 4 is 5.91 Å². The van der Waals surface area contributed by atoms with E-state index in [9.17, 15) is 14.3 Å². The molecule has 2 rings (SSSR count). The first-order chi connectivity index (χ1) is 11.1. The zero-order valence-corrected chi connectivity index (χ0v) is 13.0. The molecule has 1 unspecified atom stereocenters. The maximum absolute atomic E-state index is 12.8. The lowest BCUT2D eigenvalue weighted by Gasteiger charge is -2.10. The van der Waals surface area contributed by atoms with Crippen molar-refractivity contribution in [2.45, 2.75) is 26.0 Å². The summed E-state index contributed by atoms with van der Waals surface area (Å²) in [4.78, 5) is 11.7. The van der Waals surface area contributed by atoms with E-state index in [0.29, 0.717) is 18.7 Å². The lowest BCUT2D eigenvalue weighted by molar-refractivity contribution is -0.123. The third kappa shape index (κ3) is 5.38. The monoisotopic (exact) mass is 317 g/mol. The normalized spacial score (nSPS) is 11.8. The molecular weight excluding hydrogens is 297 g/mol. The minimum absolute atomic E-state index is 0.100. The third-order valence-electron chi connectivity index (χ3n) is 3.42. The standard InChI is InChI=1S/C18H20FNO3/c1-2-17(21)14-5-9-16(10-6-14)23-12-18(22)20-11-13-3-7-15(19)8-4-13/h3-10,17,21H,2,11-12H2,1H3,(H,20,22). The Bertz CT molecular complexity index is 626. The average Bonchev–Trinajstić information content (AvgIpc) is 2.59. The molecule has 122 valence electrons. The van der Waals surface area contributed by atoms with Crippen molar-refractivity contribution in [3.05, 3.63) is 65.5 Å². The van der Waals surface area contributed by atoms with E-state index in [1.54, 1.807) is 36.4 Å². The van der Waals surface area contributed by atoms with Gasteiger partial charge in [0.05, 0.1) is 6.10 Å². The van der Waals surface area contributed by atoms with Gasteiger partial charge in [-0.2, -0.15) is 0 Å². The molecule has 0 aromatic heterocycles. The largest absolute Gasteiger partial charge is 0.484 e. The molecule has 2 aromatic carbocycles. The zero-order valence-electron chi connectivity index (χ0n) is 13.0. The van der Waals surface area contributed by atoms with Crippen molar-refractivity contribution in [2.24, 2.45) is 0 Å². The number of benzene rings is 2. The van der Waals surface area contributed by atoms with Crippen LogP contribution in [0.3, 0.4) is 0 Å². The fourth-order valence-corrected chi connectivity index (χ4v) is 2.02. The molecule has 0 heterocycles. The Morgan fingerprint density at radius 2 is 1.83 bits per heavy atom. The maximum Gasteiger partial charge on any atom is 0.258 e. The Balaban J connectivity index is 1.76. The quantitative estimate of drug-likeness (QED) is 0.825. The molecule has 0 aliphatic heterocycles. The summed E-state index contributed by atoms with van der Waals surface area (Å²) in [5.74, 6) is 0.000952. The van der Waals surface area contributed by atoms with Crippen LogP contribution in [0.2, 0.25) is 0 Å². The molecule has 0 radical (unpaired) electrons. The molecule has 1 atom stereocenters.